The molecule has 0 radical (unpaired) electrons. The van der Waals surface area contributed by atoms with Gasteiger partial charge in [0.25, 0.3) is 0 Å². The molecule has 10 heteroatoms. The van der Waals surface area contributed by atoms with Gasteiger partial charge in [-0.2, -0.15) is 0 Å². The fraction of sp³-hybridized carbons (Fsp3) is 0.522. The first-order chi connectivity index (χ1) is 16.0. The van der Waals surface area contributed by atoms with Crippen LogP contribution in [0, 0.1) is 19.8 Å². The number of hydrogen-bond donors (Lipinski definition) is 1. The van der Waals surface area contributed by atoms with Crippen LogP contribution in [0.25, 0.3) is 0 Å². The maximum Gasteiger partial charge on any atom is 0.230 e. The molecule has 0 bridgehead atoms. The Balaban J connectivity index is 1.43. The van der Waals surface area contributed by atoms with E-state index in [-0.39, 0.29) is 11.9 Å². The predicted molar refractivity (Wildman–Crippen MR) is 129 cm³/mol. The highest BCUT2D eigenvalue weighted by molar-refractivity contribution is 7.99. The first-order valence-corrected chi connectivity index (χ1v) is 13.3. The largest absolute Gasteiger partial charge is 0.467 e. The number of rotatable bonds is 9. The summed E-state index contributed by atoms with van der Waals surface area (Å²) in [6, 6.07) is 6.02. The molecule has 0 spiro atoms. The maximum atomic E-state index is 12.6. The highest BCUT2D eigenvalue weighted by Gasteiger charge is 2.23. The van der Waals surface area contributed by atoms with Crippen molar-refractivity contribution in [3.63, 3.8) is 0 Å². The molecule has 1 fully saturated rings. The molecule has 1 amide bonds. The minimum Gasteiger partial charge on any atom is -0.467 e. The number of nitrogens with zero attached hydrogens (tertiary/aromatic N) is 5. The summed E-state index contributed by atoms with van der Waals surface area (Å²) in [7, 11) is 0. The molecule has 4 rings (SSSR count). The first-order valence-electron chi connectivity index (χ1n) is 11.3. The molecule has 0 aromatic carbocycles. The van der Waals surface area contributed by atoms with Gasteiger partial charge in [0, 0.05) is 17.4 Å². The summed E-state index contributed by atoms with van der Waals surface area (Å²) in [5.74, 6) is 3.07. The summed E-state index contributed by atoms with van der Waals surface area (Å²) < 4.78 is 7.56. The fourth-order valence-electron chi connectivity index (χ4n) is 4.05. The number of aryl methyl sites for hydroxylation is 2. The molecular formula is C23H30N6O2S2. The molecule has 0 aliphatic heterocycles. The highest BCUT2D eigenvalue weighted by Crippen LogP contribution is 2.26. The molecule has 1 aliphatic carbocycles. The van der Waals surface area contributed by atoms with E-state index in [0.29, 0.717) is 29.1 Å². The molecule has 0 saturated heterocycles. The van der Waals surface area contributed by atoms with Crippen LogP contribution in [-0.2, 0) is 17.1 Å². The van der Waals surface area contributed by atoms with Gasteiger partial charge in [-0.3, -0.25) is 9.36 Å². The molecular weight excluding hydrogens is 456 g/mol. The summed E-state index contributed by atoms with van der Waals surface area (Å²) in [5, 5.41) is 13.4. The summed E-state index contributed by atoms with van der Waals surface area (Å²) in [6.07, 6.45) is 6.34. The Morgan fingerprint density at radius 2 is 1.97 bits per heavy atom. The van der Waals surface area contributed by atoms with Crippen molar-refractivity contribution in [1.29, 1.82) is 0 Å². The monoisotopic (exact) mass is 486 g/mol. The number of aromatic nitrogens is 5. The normalized spacial score (nSPS) is 18.4. The number of amides is 1. The van der Waals surface area contributed by atoms with E-state index in [2.05, 4.69) is 32.4 Å². The van der Waals surface area contributed by atoms with Crippen LogP contribution in [0.15, 0.2) is 39.2 Å². The van der Waals surface area contributed by atoms with E-state index in [1.807, 2.05) is 36.6 Å². The van der Waals surface area contributed by atoms with Crippen LogP contribution in [0.4, 0.5) is 0 Å². The molecule has 1 saturated carbocycles. The average Bonchev–Trinajstić information content (AvgIpc) is 3.42. The number of thioether (sulfide) groups is 2. The van der Waals surface area contributed by atoms with Crippen molar-refractivity contribution >= 4 is 29.4 Å². The van der Waals surface area contributed by atoms with Crippen molar-refractivity contribution in [2.75, 3.05) is 5.75 Å². The lowest BCUT2D eigenvalue weighted by molar-refractivity contribution is -0.119. The number of carbonyl (C=O) groups is 1. The van der Waals surface area contributed by atoms with Crippen LogP contribution in [0.1, 0.15) is 55.6 Å². The van der Waals surface area contributed by atoms with E-state index in [1.165, 1.54) is 42.8 Å². The highest BCUT2D eigenvalue weighted by atomic mass is 32.2. The third-order valence-electron chi connectivity index (χ3n) is 5.77. The number of carbonyl (C=O) groups excluding carboxylic acids is 1. The Labute approximate surface area is 202 Å². The van der Waals surface area contributed by atoms with Crippen molar-refractivity contribution in [2.45, 2.75) is 75.1 Å². The molecule has 33 heavy (non-hydrogen) atoms. The Morgan fingerprint density at radius 1 is 1.18 bits per heavy atom. The van der Waals surface area contributed by atoms with Crippen LogP contribution in [0.3, 0.4) is 0 Å². The number of nitrogens with one attached hydrogen (secondary N) is 1. The summed E-state index contributed by atoms with van der Waals surface area (Å²) >= 11 is 2.93. The third-order valence-corrected chi connectivity index (χ3v) is 7.58. The van der Waals surface area contributed by atoms with Crippen LogP contribution in [0.2, 0.25) is 0 Å². The molecule has 3 heterocycles. The summed E-state index contributed by atoms with van der Waals surface area (Å²) in [5.41, 5.74) is 1.88. The lowest BCUT2D eigenvalue weighted by atomic mass is 9.86. The standard InChI is InChI=1S/C23H30N6O2S2/c1-15-7-4-5-9-19(15)26-21(30)14-33-23-28-27-20(29(23)12-18-8-6-10-31-18)13-32-22-24-16(2)11-17(3)25-22/h6,8,10-11,15,19H,4-5,7,9,12-14H2,1-3H3,(H,26,30)/t15-,19+/m1/s1. The van der Waals surface area contributed by atoms with Crippen molar-refractivity contribution in [3.8, 4) is 0 Å². The van der Waals surface area contributed by atoms with Crippen molar-refractivity contribution < 1.29 is 9.21 Å². The molecule has 1 aliphatic rings. The Bertz CT molecular complexity index is 1050. The van der Waals surface area contributed by atoms with Crippen molar-refractivity contribution in [2.24, 2.45) is 5.92 Å². The van der Waals surface area contributed by atoms with Gasteiger partial charge < -0.3 is 9.73 Å². The van der Waals surface area contributed by atoms with Crippen molar-refractivity contribution in [3.05, 3.63) is 47.4 Å². The van der Waals surface area contributed by atoms with E-state index in [0.717, 1.165) is 34.5 Å². The topological polar surface area (TPSA) is 98.7 Å². The zero-order valence-electron chi connectivity index (χ0n) is 19.3. The molecule has 3 aromatic heterocycles. The van der Waals surface area contributed by atoms with Crippen LogP contribution >= 0.6 is 23.5 Å². The lowest BCUT2D eigenvalue weighted by Crippen LogP contribution is -2.41. The second kappa shape index (κ2) is 11.2. The zero-order chi connectivity index (χ0) is 23.2. The minimum atomic E-state index is 0.0471. The van der Waals surface area contributed by atoms with Gasteiger partial charge in [-0.05, 0) is 50.8 Å². The third kappa shape index (κ3) is 6.60. The quantitative estimate of drug-likeness (QED) is 0.351. The van der Waals surface area contributed by atoms with Gasteiger partial charge in [0.1, 0.15) is 11.6 Å². The van der Waals surface area contributed by atoms with Crippen LogP contribution in [-0.4, -0.2) is 42.4 Å². The van der Waals surface area contributed by atoms with Crippen LogP contribution in [0.5, 0.6) is 0 Å². The van der Waals surface area contributed by atoms with E-state index in [4.69, 9.17) is 4.42 Å². The smallest absolute Gasteiger partial charge is 0.230 e. The van der Waals surface area contributed by atoms with E-state index >= 15 is 0 Å². The second-order valence-corrected chi connectivity index (χ2v) is 10.4. The van der Waals surface area contributed by atoms with E-state index in [1.54, 1.807) is 6.26 Å². The van der Waals surface area contributed by atoms with Gasteiger partial charge in [-0.25, -0.2) is 9.97 Å². The van der Waals surface area contributed by atoms with Crippen molar-refractivity contribution in [1.82, 2.24) is 30.0 Å². The Morgan fingerprint density at radius 3 is 2.70 bits per heavy atom. The SMILES string of the molecule is Cc1cc(C)nc(SCc2nnc(SCC(=O)N[C@H]3CCCC[C@H]3C)n2Cc2ccco2)n1. The Kier molecular flexibility index (Phi) is 8.08. The zero-order valence-corrected chi connectivity index (χ0v) is 20.9. The molecule has 8 nitrogen and oxygen atoms in total. The number of furan rings is 1. The van der Waals surface area contributed by atoms with Crippen LogP contribution < -0.4 is 5.32 Å². The molecule has 3 aromatic rings. The molecule has 2 atom stereocenters. The van der Waals surface area contributed by atoms with Gasteiger partial charge in [-0.15, -0.1) is 10.2 Å². The average molecular weight is 487 g/mol. The van der Waals surface area contributed by atoms with Gasteiger partial charge >= 0.3 is 0 Å². The Hall–Kier alpha value is -2.33. The molecule has 1 N–H and O–H groups in total. The molecule has 176 valence electrons. The van der Waals surface area contributed by atoms with E-state index in [9.17, 15) is 4.79 Å². The summed E-state index contributed by atoms with van der Waals surface area (Å²) in [6.45, 7) is 6.66. The molecule has 0 unspecified atom stereocenters. The lowest BCUT2D eigenvalue weighted by Gasteiger charge is -2.29. The summed E-state index contributed by atoms with van der Waals surface area (Å²) in [4.78, 5) is 21.6. The predicted octanol–water partition coefficient (Wildman–Crippen LogP) is 4.41. The first kappa shape index (κ1) is 23.8. The van der Waals surface area contributed by atoms with E-state index < -0.39 is 0 Å². The second-order valence-electron chi connectivity index (χ2n) is 8.51. The van der Waals surface area contributed by atoms with Gasteiger partial charge in [0.2, 0.25) is 5.91 Å². The fourth-order valence-corrected chi connectivity index (χ4v) is 5.70. The maximum absolute atomic E-state index is 12.6. The number of hydrogen-bond acceptors (Lipinski definition) is 8. The van der Waals surface area contributed by atoms with Gasteiger partial charge in [0.05, 0.1) is 24.3 Å². The van der Waals surface area contributed by atoms with Gasteiger partial charge in [-0.1, -0.05) is 43.3 Å². The minimum absolute atomic E-state index is 0.0471. The van der Waals surface area contributed by atoms with Gasteiger partial charge in [0.15, 0.2) is 10.3 Å².